The lowest BCUT2D eigenvalue weighted by atomic mass is 10.1. The van der Waals surface area contributed by atoms with Gasteiger partial charge in [-0.25, -0.2) is 5.43 Å². The van der Waals surface area contributed by atoms with Gasteiger partial charge in [0.25, 0.3) is 0 Å². The van der Waals surface area contributed by atoms with Gasteiger partial charge in [-0.3, -0.25) is 4.79 Å². The van der Waals surface area contributed by atoms with Crippen molar-refractivity contribution in [3.05, 3.63) is 23.8 Å². The predicted octanol–water partition coefficient (Wildman–Crippen LogP) is 1.28. The monoisotopic (exact) mass is 220 g/mol. The topological polar surface area (TPSA) is 59.9 Å². The van der Waals surface area contributed by atoms with Crippen molar-refractivity contribution < 1.29 is 14.3 Å². The van der Waals surface area contributed by atoms with Crippen LogP contribution in [-0.4, -0.2) is 18.4 Å². The van der Waals surface area contributed by atoms with Gasteiger partial charge >= 0.3 is 0 Å². The van der Waals surface area contributed by atoms with Crippen LogP contribution in [0, 0.1) is 0 Å². The molecule has 0 bridgehead atoms. The quantitative estimate of drug-likeness (QED) is 0.603. The summed E-state index contributed by atoms with van der Waals surface area (Å²) >= 11 is 0. The van der Waals surface area contributed by atoms with E-state index in [9.17, 15) is 4.79 Å². The molecule has 0 atom stereocenters. The largest absolute Gasteiger partial charge is 0.454 e. The van der Waals surface area contributed by atoms with E-state index in [4.69, 9.17) is 9.47 Å². The molecule has 1 heterocycles. The van der Waals surface area contributed by atoms with E-state index in [1.54, 1.807) is 0 Å². The van der Waals surface area contributed by atoms with Crippen LogP contribution in [0.1, 0.15) is 19.4 Å². The molecule has 1 amide bonds. The molecular weight excluding hydrogens is 208 g/mol. The van der Waals surface area contributed by atoms with Crippen LogP contribution in [0.25, 0.3) is 0 Å². The maximum atomic E-state index is 10.7. The molecule has 1 aliphatic rings. The van der Waals surface area contributed by atoms with Gasteiger partial charge in [-0.05, 0) is 25.1 Å². The molecule has 1 aromatic carbocycles. The minimum Gasteiger partial charge on any atom is -0.454 e. The number of hydrogen-bond donors (Lipinski definition) is 1. The third-order valence-corrected chi connectivity index (χ3v) is 2.17. The second-order valence-electron chi connectivity index (χ2n) is 3.43. The Hall–Kier alpha value is -2.04. The molecule has 16 heavy (non-hydrogen) atoms. The lowest BCUT2D eigenvalue weighted by molar-refractivity contribution is -0.118. The summed E-state index contributed by atoms with van der Waals surface area (Å²) in [6.45, 7) is 3.48. The average molecular weight is 220 g/mol. The van der Waals surface area contributed by atoms with Crippen LogP contribution in [0.5, 0.6) is 11.5 Å². The molecule has 0 aliphatic carbocycles. The second-order valence-corrected chi connectivity index (χ2v) is 3.43. The summed E-state index contributed by atoms with van der Waals surface area (Å²) in [6, 6.07) is 5.53. The van der Waals surface area contributed by atoms with Crippen molar-refractivity contribution in [2.24, 2.45) is 5.10 Å². The zero-order valence-corrected chi connectivity index (χ0v) is 9.11. The van der Waals surface area contributed by atoms with Crippen LogP contribution in [-0.2, 0) is 4.79 Å². The van der Waals surface area contributed by atoms with Gasteiger partial charge in [0.05, 0.1) is 5.71 Å². The molecule has 0 unspecified atom stereocenters. The molecule has 1 N–H and O–H groups in total. The number of amides is 1. The van der Waals surface area contributed by atoms with Crippen molar-refractivity contribution in [2.45, 2.75) is 13.8 Å². The highest BCUT2D eigenvalue weighted by Crippen LogP contribution is 2.32. The predicted molar refractivity (Wildman–Crippen MR) is 58.6 cm³/mol. The van der Waals surface area contributed by atoms with E-state index >= 15 is 0 Å². The van der Waals surface area contributed by atoms with Gasteiger partial charge in [0.1, 0.15) is 0 Å². The van der Waals surface area contributed by atoms with Crippen molar-refractivity contribution in [1.29, 1.82) is 0 Å². The molecule has 0 radical (unpaired) electrons. The van der Waals surface area contributed by atoms with Crippen molar-refractivity contribution in [3.63, 3.8) is 0 Å². The van der Waals surface area contributed by atoms with E-state index in [0.717, 1.165) is 11.3 Å². The summed E-state index contributed by atoms with van der Waals surface area (Å²) in [7, 11) is 0. The fraction of sp³-hybridized carbons (Fsp3) is 0.273. The first-order chi connectivity index (χ1) is 7.66. The number of hydrogen-bond acceptors (Lipinski definition) is 4. The number of benzene rings is 1. The Morgan fingerprint density at radius 2 is 2.06 bits per heavy atom. The molecular formula is C11H12N2O3. The third kappa shape index (κ3) is 2.13. The normalized spacial score (nSPS) is 13.8. The molecule has 0 fully saturated rings. The van der Waals surface area contributed by atoms with Gasteiger partial charge in [-0.1, -0.05) is 0 Å². The Bertz CT molecular complexity index is 455. The Kier molecular flexibility index (Phi) is 2.76. The van der Waals surface area contributed by atoms with E-state index in [1.807, 2.05) is 25.1 Å². The van der Waals surface area contributed by atoms with E-state index in [1.165, 1.54) is 6.92 Å². The number of nitrogens with one attached hydrogen (secondary N) is 1. The number of carbonyl (C=O) groups is 1. The highest BCUT2D eigenvalue weighted by Gasteiger charge is 2.13. The first kappa shape index (κ1) is 10.5. The molecule has 0 aromatic heterocycles. The van der Waals surface area contributed by atoms with Gasteiger partial charge in [0.15, 0.2) is 11.5 Å². The van der Waals surface area contributed by atoms with E-state index in [0.29, 0.717) is 11.5 Å². The Morgan fingerprint density at radius 1 is 1.31 bits per heavy atom. The van der Waals surface area contributed by atoms with Crippen LogP contribution in [0.3, 0.4) is 0 Å². The zero-order chi connectivity index (χ0) is 11.5. The smallest absolute Gasteiger partial charge is 0.236 e. The molecule has 0 saturated carbocycles. The lowest BCUT2D eigenvalue weighted by Gasteiger charge is -2.02. The van der Waals surface area contributed by atoms with Gasteiger partial charge in [0.2, 0.25) is 12.7 Å². The molecule has 0 saturated heterocycles. The maximum absolute atomic E-state index is 10.7. The van der Waals surface area contributed by atoms with Crippen LogP contribution in [0.4, 0.5) is 0 Å². The fourth-order valence-electron chi connectivity index (χ4n) is 1.35. The maximum Gasteiger partial charge on any atom is 0.236 e. The minimum atomic E-state index is -0.194. The van der Waals surface area contributed by atoms with Crippen LogP contribution >= 0.6 is 0 Å². The zero-order valence-electron chi connectivity index (χ0n) is 9.11. The van der Waals surface area contributed by atoms with E-state index in [-0.39, 0.29) is 12.7 Å². The minimum absolute atomic E-state index is 0.194. The Labute approximate surface area is 93.1 Å². The van der Waals surface area contributed by atoms with Crippen LogP contribution in [0.15, 0.2) is 23.3 Å². The summed E-state index contributed by atoms with van der Waals surface area (Å²) in [6.07, 6.45) is 0. The van der Waals surface area contributed by atoms with Crippen molar-refractivity contribution in [3.8, 4) is 11.5 Å². The second kappa shape index (κ2) is 4.22. The van der Waals surface area contributed by atoms with E-state index < -0.39 is 0 Å². The Morgan fingerprint density at radius 3 is 2.81 bits per heavy atom. The first-order valence-electron chi connectivity index (χ1n) is 4.87. The molecule has 1 aliphatic heterocycles. The molecule has 2 rings (SSSR count). The molecule has 84 valence electrons. The van der Waals surface area contributed by atoms with Crippen molar-refractivity contribution in [1.82, 2.24) is 5.43 Å². The number of nitrogens with zero attached hydrogens (tertiary/aromatic N) is 1. The molecule has 5 nitrogen and oxygen atoms in total. The first-order valence-corrected chi connectivity index (χ1v) is 4.87. The highest BCUT2D eigenvalue weighted by molar-refractivity contribution is 5.99. The Balaban J connectivity index is 2.21. The number of carbonyl (C=O) groups excluding carboxylic acids is 1. The van der Waals surface area contributed by atoms with Crippen LogP contribution in [0.2, 0.25) is 0 Å². The van der Waals surface area contributed by atoms with Gasteiger partial charge in [0, 0.05) is 12.5 Å². The van der Waals surface area contributed by atoms with Crippen molar-refractivity contribution >= 4 is 11.6 Å². The molecule has 0 spiro atoms. The third-order valence-electron chi connectivity index (χ3n) is 2.17. The summed E-state index contributed by atoms with van der Waals surface area (Å²) in [5.74, 6) is 1.24. The van der Waals surface area contributed by atoms with Gasteiger partial charge in [-0.15, -0.1) is 0 Å². The standard InChI is InChI=1S/C11H12N2O3/c1-7(12-13-8(2)14)9-3-4-10-11(5-9)16-6-15-10/h3-5H,6H2,1-2H3,(H,13,14)/b12-7-. The number of ether oxygens (including phenoxy) is 2. The number of rotatable bonds is 2. The van der Waals surface area contributed by atoms with E-state index in [2.05, 4.69) is 10.5 Å². The average Bonchev–Trinajstić information content (AvgIpc) is 2.72. The number of hydrazone groups is 1. The summed E-state index contributed by atoms with van der Waals surface area (Å²) in [5, 5.41) is 3.94. The molecule has 1 aromatic rings. The fourth-order valence-corrected chi connectivity index (χ4v) is 1.35. The summed E-state index contributed by atoms with van der Waals surface area (Å²) in [4.78, 5) is 10.7. The lowest BCUT2D eigenvalue weighted by Crippen LogP contribution is -2.14. The van der Waals surface area contributed by atoms with Crippen LogP contribution < -0.4 is 14.9 Å². The van der Waals surface area contributed by atoms with Gasteiger partial charge < -0.3 is 9.47 Å². The SMILES string of the molecule is CC(=O)N/N=C(/C)c1ccc2c(c1)OCO2. The summed E-state index contributed by atoms with van der Waals surface area (Å²) < 4.78 is 10.4. The van der Waals surface area contributed by atoms with Gasteiger partial charge in [-0.2, -0.15) is 5.10 Å². The van der Waals surface area contributed by atoms with Crippen molar-refractivity contribution in [2.75, 3.05) is 6.79 Å². The summed E-state index contributed by atoms with van der Waals surface area (Å²) in [5.41, 5.74) is 3.99. The number of fused-ring (bicyclic) bond motifs is 1. The highest BCUT2D eigenvalue weighted by atomic mass is 16.7. The molecule has 5 heteroatoms.